The van der Waals surface area contributed by atoms with Crippen LogP contribution in [-0.4, -0.2) is 53.7 Å². The van der Waals surface area contributed by atoms with E-state index in [-0.39, 0.29) is 11.2 Å². The van der Waals surface area contributed by atoms with Crippen molar-refractivity contribution >= 4 is 0 Å². The number of piperazine rings is 1. The summed E-state index contributed by atoms with van der Waals surface area (Å²) in [4.78, 5) is 4.85. The number of nitrogens with zero attached hydrogens (tertiary/aromatic N) is 3. The second-order valence-corrected chi connectivity index (χ2v) is 8.70. The molecule has 1 saturated heterocycles. The first-order valence-corrected chi connectivity index (χ1v) is 11.0. The third kappa shape index (κ3) is 4.57. The standard InChI is InChI=1S/C25H30FN3O/c26-22-8-6-20(7-9-22)24(30)18-28-14-16-29(17-15-28)23-10-12-25(19-27,13-11-23)21-4-2-1-3-5-21/h1-9,23-24,30H,10-18H2. The minimum Gasteiger partial charge on any atom is -0.387 e. The molecule has 2 fully saturated rings. The van der Waals surface area contributed by atoms with Gasteiger partial charge in [-0.25, -0.2) is 4.39 Å². The Balaban J connectivity index is 1.27. The summed E-state index contributed by atoms with van der Waals surface area (Å²) in [6.45, 7) is 4.42. The van der Waals surface area contributed by atoms with E-state index in [1.54, 1.807) is 12.1 Å². The highest BCUT2D eigenvalue weighted by molar-refractivity contribution is 5.33. The highest BCUT2D eigenvalue weighted by Gasteiger charge is 2.39. The molecule has 1 unspecified atom stereocenters. The third-order valence-corrected chi connectivity index (χ3v) is 6.96. The average Bonchev–Trinajstić information content (AvgIpc) is 2.81. The maximum absolute atomic E-state index is 13.1. The molecule has 1 N–H and O–H groups in total. The van der Waals surface area contributed by atoms with Crippen LogP contribution in [0.4, 0.5) is 4.39 Å². The van der Waals surface area contributed by atoms with Gasteiger partial charge in [0.1, 0.15) is 5.82 Å². The highest BCUT2D eigenvalue weighted by Crippen LogP contribution is 2.40. The molecule has 5 heteroatoms. The summed E-state index contributed by atoms with van der Waals surface area (Å²) in [7, 11) is 0. The lowest BCUT2D eigenvalue weighted by Gasteiger charge is -2.44. The molecule has 1 heterocycles. The van der Waals surface area contributed by atoms with Gasteiger partial charge in [0.25, 0.3) is 0 Å². The Morgan fingerprint density at radius 1 is 1.00 bits per heavy atom. The van der Waals surface area contributed by atoms with Gasteiger partial charge in [-0.15, -0.1) is 0 Å². The summed E-state index contributed by atoms with van der Waals surface area (Å²) < 4.78 is 13.1. The number of aliphatic hydroxyl groups is 1. The van der Waals surface area contributed by atoms with Gasteiger partial charge < -0.3 is 5.11 Å². The number of nitriles is 1. The van der Waals surface area contributed by atoms with Crippen LogP contribution in [0.25, 0.3) is 0 Å². The Morgan fingerprint density at radius 2 is 1.63 bits per heavy atom. The predicted molar refractivity (Wildman–Crippen MR) is 115 cm³/mol. The number of rotatable bonds is 5. The fraction of sp³-hybridized carbons (Fsp3) is 0.480. The first kappa shape index (κ1) is 21.0. The van der Waals surface area contributed by atoms with Gasteiger partial charge in [-0.05, 0) is 48.9 Å². The van der Waals surface area contributed by atoms with E-state index in [9.17, 15) is 14.8 Å². The summed E-state index contributed by atoms with van der Waals surface area (Å²) >= 11 is 0. The number of aliphatic hydroxyl groups excluding tert-OH is 1. The van der Waals surface area contributed by atoms with Crippen LogP contribution in [0, 0.1) is 17.1 Å². The molecule has 158 valence electrons. The lowest BCUT2D eigenvalue weighted by atomic mass is 9.69. The first-order chi connectivity index (χ1) is 14.6. The Morgan fingerprint density at radius 3 is 2.23 bits per heavy atom. The summed E-state index contributed by atoms with van der Waals surface area (Å²) in [5.74, 6) is -0.278. The van der Waals surface area contributed by atoms with Gasteiger partial charge in [-0.1, -0.05) is 42.5 Å². The second kappa shape index (κ2) is 9.26. The molecule has 2 aromatic carbocycles. The van der Waals surface area contributed by atoms with Crippen molar-refractivity contribution in [2.45, 2.75) is 43.2 Å². The van der Waals surface area contributed by atoms with E-state index in [2.05, 4.69) is 28.0 Å². The summed E-state index contributed by atoms with van der Waals surface area (Å²) in [6, 6.07) is 19.5. The fourth-order valence-corrected chi connectivity index (χ4v) is 5.03. The van der Waals surface area contributed by atoms with Crippen LogP contribution < -0.4 is 0 Å². The summed E-state index contributed by atoms with van der Waals surface area (Å²) in [5.41, 5.74) is 1.59. The lowest BCUT2D eigenvalue weighted by Crippen LogP contribution is -2.52. The van der Waals surface area contributed by atoms with E-state index in [1.807, 2.05) is 18.2 Å². The van der Waals surface area contributed by atoms with Crippen molar-refractivity contribution < 1.29 is 9.50 Å². The molecule has 2 aromatic rings. The van der Waals surface area contributed by atoms with Crippen molar-refractivity contribution in [2.24, 2.45) is 0 Å². The zero-order valence-corrected chi connectivity index (χ0v) is 17.4. The SMILES string of the molecule is N#CC1(c2ccccc2)CCC(N2CCN(CC(O)c3ccc(F)cc3)CC2)CC1. The smallest absolute Gasteiger partial charge is 0.123 e. The predicted octanol–water partition coefficient (Wildman–Crippen LogP) is 3.88. The van der Waals surface area contributed by atoms with E-state index in [0.29, 0.717) is 12.6 Å². The van der Waals surface area contributed by atoms with Crippen LogP contribution in [0.3, 0.4) is 0 Å². The van der Waals surface area contributed by atoms with Crippen molar-refractivity contribution in [3.05, 3.63) is 71.5 Å². The minimum atomic E-state index is -0.589. The van der Waals surface area contributed by atoms with E-state index in [0.717, 1.165) is 63.0 Å². The summed E-state index contributed by atoms with van der Waals surface area (Å²) in [5, 5.41) is 20.4. The van der Waals surface area contributed by atoms with Gasteiger partial charge in [-0.3, -0.25) is 9.80 Å². The second-order valence-electron chi connectivity index (χ2n) is 8.70. The van der Waals surface area contributed by atoms with Crippen LogP contribution in [0.5, 0.6) is 0 Å². The molecule has 0 bridgehead atoms. The fourth-order valence-electron chi connectivity index (χ4n) is 5.03. The molecular formula is C25H30FN3O. The molecule has 1 aliphatic heterocycles. The van der Waals surface area contributed by atoms with Crippen molar-refractivity contribution in [3.8, 4) is 6.07 Å². The Bertz CT molecular complexity index is 848. The van der Waals surface area contributed by atoms with Gasteiger partial charge in [0, 0.05) is 38.8 Å². The molecule has 2 aliphatic rings. The van der Waals surface area contributed by atoms with Crippen molar-refractivity contribution in [1.29, 1.82) is 5.26 Å². The quantitative estimate of drug-likeness (QED) is 0.817. The summed E-state index contributed by atoms with van der Waals surface area (Å²) in [6.07, 6.45) is 3.36. The molecular weight excluding hydrogens is 377 g/mol. The number of hydrogen-bond donors (Lipinski definition) is 1. The molecule has 1 atom stereocenters. The van der Waals surface area contributed by atoms with Crippen molar-refractivity contribution in [2.75, 3.05) is 32.7 Å². The monoisotopic (exact) mass is 407 g/mol. The Hall–Kier alpha value is -2.26. The molecule has 4 nitrogen and oxygen atoms in total. The molecule has 1 saturated carbocycles. The maximum Gasteiger partial charge on any atom is 0.123 e. The topological polar surface area (TPSA) is 50.5 Å². The molecule has 0 amide bonds. The molecule has 0 aromatic heterocycles. The van der Waals surface area contributed by atoms with Gasteiger partial charge >= 0.3 is 0 Å². The van der Waals surface area contributed by atoms with E-state index < -0.39 is 6.10 Å². The number of β-amino-alcohol motifs (C(OH)–C–C–N with tert-alkyl or cyclic N) is 1. The molecule has 30 heavy (non-hydrogen) atoms. The number of halogens is 1. The average molecular weight is 408 g/mol. The van der Waals surface area contributed by atoms with Crippen LogP contribution >= 0.6 is 0 Å². The van der Waals surface area contributed by atoms with Gasteiger partial charge in [0.15, 0.2) is 0 Å². The van der Waals surface area contributed by atoms with Crippen LogP contribution in [-0.2, 0) is 5.41 Å². The van der Waals surface area contributed by atoms with Crippen LogP contribution in [0.2, 0.25) is 0 Å². The molecule has 0 radical (unpaired) electrons. The van der Waals surface area contributed by atoms with Crippen LogP contribution in [0.1, 0.15) is 42.9 Å². The Labute approximate surface area is 178 Å². The van der Waals surface area contributed by atoms with E-state index >= 15 is 0 Å². The lowest BCUT2D eigenvalue weighted by molar-refractivity contribution is 0.0432. The number of benzene rings is 2. The van der Waals surface area contributed by atoms with Gasteiger partial charge in [0.2, 0.25) is 0 Å². The normalized spacial score (nSPS) is 26.8. The van der Waals surface area contributed by atoms with Crippen LogP contribution in [0.15, 0.2) is 54.6 Å². The largest absolute Gasteiger partial charge is 0.387 e. The van der Waals surface area contributed by atoms with Gasteiger partial charge in [-0.2, -0.15) is 5.26 Å². The van der Waals surface area contributed by atoms with E-state index in [4.69, 9.17) is 0 Å². The first-order valence-electron chi connectivity index (χ1n) is 11.0. The zero-order chi connectivity index (χ0) is 21.0. The zero-order valence-electron chi connectivity index (χ0n) is 17.4. The Kier molecular flexibility index (Phi) is 6.48. The van der Waals surface area contributed by atoms with Crippen molar-refractivity contribution in [1.82, 2.24) is 9.80 Å². The van der Waals surface area contributed by atoms with Crippen molar-refractivity contribution in [3.63, 3.8) is 0 Å². The minimum absolute atomic E-state index is 0.278. The number of hydrogen-bond acceptors (Lipinski definition) is 4. The highest BCUT2D eigenvalue weighted by atomic mass is 19.1. The molecule has 0 spiro atoms. The van der Waals surface area contributed by atoms with E-state index in [1.165, 1.54) is 12.1 Å². The molecule has 4 rings (SSSR count). The molecule has 1 aliphatic carbocycles. The third-order valence-electron chi connectivity index (χ3n) is 6.96. The van der Waals surface area contributed by atoms with Gasteiger partial charge in [0.05, 0.1) is 17.6 Å². The maximum atomic E-state index is 13.1.